The molecule has 0 saturated carbocycles. The van der Waals surface area contributed by atoms with Crippen molar-refractivity contribution >= 4 is 23.2 Å². The van der Waals surface area contributed by atoms with E-state index in [0.717, 1.165) is 44.7 Å². The first-order valence-corrected chi connectivity index (χ1v) is 7.21. The normalized spacial score (nSPS) is 10.8. The molecule has 0 aliphatic heterocycles. The zero-order valence-electron chi connectivity index (χ0n) is 10.8. The van der Waals surface area contributed by atoms with E-state index in [1.807, 2.05) is 12.1 Å². The summed E-state index contributed by atoms with van der Waals surface area (Å²) in [6.45, 7) is 5.59. The first-order valence-electron chi connectivity index (χ1n) is 6.46. The molecule has 0 saturated heterocycles. The Balaban J connectivity index is 2.07. The summed E-state index contributed by atoms with van der Waals surface area (Å²) in [5.74, 6) is 0. The molecule has 0 spiro atoms. The molecule has 0 fully saturated rings. The SMILES string of the molecule is CCCCOCCCNCc1cc(Cl)cc(Cl)c1. The highest BCUT2D eigenvalue weighted by atomic mass is 35.5. The highest BCUT2D eigenvalue weighted by molar-refractivity contribution is 6.34. The van der Waals surface area contributed by atoms with Crippen molar-refractivity contribution in [3.05, 3.63) is 33.8 Å². The van der Waals surface area contributed by atoms with E-state index in [2.05, 4.69) is 12.2 Å². The fourth-order valence-electron chi connectivity index (χ4n) is 1.59. The van der Waals surface area contributed by atoms with Gasteiger partial charge in [-0.1, -0.05) is 36.5 Å². The third-order valence-electron chi connectivity index (χ3n) is 2.54. The van der Waals surface area contributed by atoms with Gasteiger partial charge in [0.1, 0.15) is 0 Å². The Morgan fingerprint density at radius 3 is 2.39 bits per heavy atom. The highest BCUT2D eigenvalue weighted by Gasteiger charge is 1.98. The third kappa shape index (κ3) is 7.22. The average Bonchev–Trinajstić information content (AvgIpc) is 2.31. The number of hydrogen-bond donors (Lipinski definition) is 1. The van der Waals surface area contributed by atoms with Gasteiger partial charge in [-0.15, -0.1) is 0 Å². The second-order valence-electron chi connectivity index (χ2n) is 4.27. The summed E-state index contributed by atoms with van der Waals surface area (Å²) in [5, 5.41) is 4.71. The van der Waals surface area contributed by atoms with E-state index in [0.29, 0.717) is 10.0 Å². The summed E-state index contributed by atoms with van der Waals surface area (Å²) < 4.78 is 5.48. The van der Waals surface area contributed by atoms with Gasteiger partial charge >= 0.3 is 0 Å². The monoisotopic (exact) mass is 289 g/mol. The standard InChI is InChI=1S/C14H21Cl2NO/c1-2-3-6-18-7-4-5-17-11-12-8-13(15)10-14(16)9-12/h8-10,17H,2-7,11H2,1H3. The van der Waals surface area contributed by atoms with Crippen LogP contribution in [0.3, 0.4) is 0 Å². The minimum absolute atomic E-state index is 0.683. The second kappa shape index (κ2) is 9.62. The molecule has 1 rings (SSSR count). The average molecular weight is 290 g/mol. The van der Waals surface area contributed by atoms with E-state index >= 15 is 0 Å². The van der Waals surface area contributed by atoms with Crippen LogP contribution < -0.4 is 5.32 Å². The van der Waals surface area contributed by atoms with E-state index in [4.69, 9.17) is 27.9 Å². The summed E-state index contributed by atoms with van der Waals surface area (Å²) in [4.78, 5) is 0. The van der Waals surface area contributed by atoms with E-state index in [1.165, 1.54) is 6.42 Å². The van der Waals surface area contributed by atoms with Gasteiger partial charge in [0.05, 0.1) is 0 Å². The van der Waals surface area contributed by atoms with Crippen molar-refractivity contribution in [3.8, 4) is 0 Å². The van der Waals surface area contributed by atoms with E-state index in [9.17, 15) is 0 Å². The van der Waals surface area contributed by atoms with Crippen LogP contribution >= 0.6 is 23.2 Å². The van der Waals surface area contributed by atoms with Gasteiger partial charge < -0.3 is 10.1 Å². The van der Waals surface area contributed by atoms with Gasteiger partial charge in [-0.25, -0.2) is 0 Å². The van der Waals surface area contributed by atoms with Gasteiger partial charge in [-0.05, 0) is 43.1 Å². The molecule has 0 atom stereocenters. The molecular formula is C14H21Cl2NO. The van der Waals surface area contributed by atoms with E-state index < -0.39 is 0 Å². The van der Waals surface area contributed by atoms with Crippen LogP contribution in [0.4, 0.5) is 0 Å². The van der Waals surface area contributed by atoms with Crippen molar-refractivity contribution in [3.63, 3.8) is 0 Å². The molecule has 4 heteroatoms. The van der Waals surface area contributed by atoms with Crippen LogP contribution in [0, 0.1) is 0 Å². The number of unbranched alkanes of at least 4 members (excludes halogenated alkanes) is 1. The van der Waals surface area contributed by atoms with Gasteiger partial charge in [-0.2, -0.15) is 0 Å². The van der Waals surface area contributed by atoms with Gasteiger partial charge in [-0.3, -0.25) is 0 Å². The molecule has 1 aromatic rings. The van der Waals surface area contributed by atoms with Crippen LogP contribution in [0.15, 0.2) is 18.2 Å². The number of benzene rings is 1. The Bertz CT molecular complexity index is 324. The minimum Gasteiger partial charge on any atom is -0.381 e. The fourth-order valence-corrected chi connectivity index (χ4v) is 2.16. The van der Waals surface area contributed by atoms with Crippen LogP contribution in [0.1, 0.15) is 31.7 Å². The molecule has 1 aromatic carbocycles. The number of hydrogen-bond acceptors (Lipinski definition) is 2. The van der Waals surface area contributed by atoms with Crippen LogP contribution in [0.25, 0.3) is 0 Å². The Morgan fingerprint density at radius 1 is 1.06 bits per heavy atom. The van der Waals surface area contributed by atoms with Crippen LogP contribution in [-0.2, 0) is 11.3 Å². The lowest BCUT2D eigenvalue weighted by molar-refractivity contribution is 0.129. The third-order valence-corrected chi connectivity index (χ3v) is 2.97. The molecule has 0 aromatic heterocycles. The molecule has 1 N–H and O–H groups in total. The second-order valence-corrected chi connectivity index (χ2v) is 5.15. The maximum atomic E-state index is 5.93. The summed E-state index contributed by atoms with van der Waals surface area (Å²) in [6, 6.07) is 5.60. The minimum atomic E-state index is 0.683. The first-order chi connectivity index (χ1) is 8.72. The summed E-state index contributed by atoms with van der Waals surface area (Å²) in [7, 11) is 0. The van der Waals surface area contributed by atoms with Crippen molar-refractivity contribution < 1.29 is 4.74 Å². The van der Waals surface area contributed by atoms with Crippen molar-refractivity contribution in [2.75, 3.05) is 19.8 Å². The predicted molar refractivity (Wildman–Crippen MR) is 78.5 cm³/mol. The van der Waals surface area contributed by atoms with E-state index in [-0.39, 0.29) is 0 Å². The summed E-state index contributed by atoms with van der Waals surface area (Å²) in [6.07, 6.45) is 3.36. The maximum absolute atomic E-state index is 5.93. The van der Waals surface area contributed by atoms with Crippen LogP contribution in [-0.4, -0.2) is 19.8 Å². The lowest BCUT2D eigenvalue weighted by Crippen LogP contribution is -2.16. The molecule has 2 nitrogen and oxygen atoms in total. The first kappa shape index (κ1) is 15.8. The van der Waals surface area contributed by atoms with Gasteiger partial charge in [0.15, 0.2) is 0 Å². The number of rotatable bonds is 9. The Morgan fingerprint density at radius 2 is 1.72 bits per heavy atom. The largest absolute Gasteiger partial charge is 0.381 e. The molecule has 0 heterocycles. The quantitative estimate of drug-likeness (QED) is 0.685. The van der Waals surface area contributed by atoms with Gasteiger partial charge in [0.2, 0.25) is 0 Å². The molecule has 0 aliphatic carbocycles. The van der Waals surface area contributed by atoms with E-state index in [1.54, 1.807) is 6.07 Å². The van der Waals surface area contributed by atoms with Gasteiger partial charge in [0, 0.05) is 29.8 Å². The van der Waals surface area contributed by atoms with Crippen LogP contribution in [0.5, 0.6) is 0 Å². The molecule has 0 unspecified atom stereocenters. The zero-order valence-corrected chi connectivity index (χ0v) is 12.4. The lowest BCUT2D eigenvalue weighted by Gasteiger charge is -2.06. The Labute approximate surface area is 120 Å². The number of nitrogens with one attached hydrogen (secondary N) is 1. The smallest absolute Gasteiger partial charge is 0.0478 e. The lowest BCUT2D eigenvalue weighted by atomic mass is 10.2. The molecule has 18 heavy (non-hydrogen) atoms. The number of halogens is 2. The van der Waals surface area contributed by atoms with Gasteiger partial charge in [0.25, 0.3) is 0 Å². The molecule has 102 valence electrons. The zero-order chi connectivity index (χ0) is 13.2. The Hall–Kier alpha value is -0.280. The van der Waals surface area contributed by atoms with Crippen molar-refractivity contribution in [1.29, 1.82) is 0 Å². The molecular weight excluding hydrogens is 269 g/mol. The number of ether oxygens (including phenoxy) is 1. The highest BCUT2D eigenvalue weighted by Crippen LogP contribution is 2.18. The van der Waals surface area contributed by atoms with Crippen molar-refractivity contribution in [1.82, 2.24) is 5.32 Å². The topological polar surface area (TPSA) is 21.3 Å². The molecule has 0 aliphatic rings. The fraction of sp³-hybridized carbons (Fsp3) is 0.571. The van der Waals surface area contributed by atoms with Crippen molar-refractivity contribution in [2.45, 2.75) is 32.7 Å². The van der Waals surface area contributed by atoms with Crippen LogP contribution in [0.2, 0.25) is 10.0 Å². The Kier molecular flexibility index (Phi) is 8.44. The summed E-state index contributed by atoms with van der Waals surface area (Å²) in [5.41, 5.74) is 1.11. The molecule has 0 radical (unpaired) electrons. The predicted octanol–water partition coefficient (Wildman–Crippen LogP) is 4.29. The molecule has 0 bridgehead atoms. The maximum Gasteiger partial charge on any atom is 0.0478 e. The molecule has 0 amide bonds. The van der Waals surface area contributed by atoms with Crippen molar-refractivity contribution in [2.24, 2.45) is 0 Å². The summed E-state index contributed by atoms with van der Waals surface area (Å²) >= 11 is 11.9.